The number of H-pyrrole nitrogens is 1. The average Bonchev–Trinajstić information content (AvgIpc) is 3.21. The van der Waals surface area contributed by atoms with Crippen molar-refractivity contribution in [2.24, 2.45) is 0 Å². The van der Waals surface area contributed by atoms with Gasteiger partial charge in [-0.25, -0.2) is 0 Å². The van der Waals surface area contributed by atoms with Crippen LogP contribution in [-0.2, 0) is 0 Å². The first-order chi connectivity index (χ1) is 15.5. The molecule has 7 nitrogen and oxygen atoms in total. The molecule has 0 saturated heterocycles. The van der Waals surface area contributed by atoms with Crippen molar-refractivity contribution >= 4 is 33.7 Å². The van der Waals surface area contributed by atoms with E-state index in [0.29, 0.717) is 39.6 Å². The van der Waals surface area contributed by atoms with Crippen LogP contribution in [0.5, 0.6) is 23.0 Å². The number of benzene rings is 2. The molecule has 1 N–H and O–H groups in total. The number of hydrogen-bond donors (Lipinski definition) is 1. The molecular formula is C25H24N2O5. The van der Waals surface area contributed by atoms with Gasteiger partial charge in [-0.2, -0.15) is 0 Å². The van der Waals surface area contributed by atoms with Crippen LogP contribution in [0.4, 0.5) is 0 Å². The van der Waals surface area contributed by atoms with E-state index < -0.39 is 0 Å². The van der Waals surface area contributed by atoms with Crippen molar-refractivity contribution in [1.29, 1.82) is 0 Å². The van der Waals surface area contributed by atoms with Gasteiger partial charge in [0, 0.05) is 22.5 Å². The van der Waals surface area contributed by atoms with Crippen LogP contribution in [-0.4, -0.2) is 44.2 Å². The van der Waals surface area contributed by atoms with Crippen molar-refractivity contribution in [2.45, 2.75) is 6.92 Å². The third-order valence-corrected chi connectivity index (χ3v) is 5.46. The average molecular weight is 432 g/mol. The molecule has 4 aromatic rings. The van der Waals surface area contributed by atoms with Crippen molar-refractivity contribution in [3.63, 3.8) is 0 Å². The number of nitrogens with one attached hydrogen (secondary N) is 1. The molecule has 32 heavy (non-hydrogen) atoms. The topological polar surface area (TPSA) is 82.7 Å². The number of carbonyl (C=O) groups is 1. The normalized spacial score (nSPS) is 11.3. The van der Waals surface area contributed by atoms with Gasteiger partial charge >= 0.3 is 0 Å². The zero-order chi connectivity index (χ0) is 22.8. The molecule has 0 aliphatic heterocycles. The molecule has 4 rings (SSSR count). The Balaban J connectivity index is 1.83. The molecule has 2 heterocycles. The van der Waals surface area contributed by atoms with Gasteiger partial charge in [0.1, 0.15) is 5.75 Å². The Morgan fingerprint density at radius 3 is 2.22 bits per heavy atom. The largest absolute Gasteiger partial charge is 0.496 e. The van der Waals surface area contributed by atoms with Crippen molar-refractivity contribution in [3.8, 4) is 23.0 Å². The van der Waals surface area contributed by atoms with Crippen LogP contribution in [0.1, 0.15) is 21.6 Å². The quantitative estimate of drug-likeness (QED) is 0.328. The van der Waals surface area contributed by atoms with Gasteiger partial charge in [0.25, 0.3) is 0 Å². The van der Waals surface area contributed by atoms with E-state index in [2.05, 4.69) is 9.97 Å². The number of methoxy groups -OCH3 is 4. The number of hydrogen-bond acceptors (Lipinski definition) is 6. The number of aromatic amines is 1. The second kappa shape index (κ2) is 8.63. The zero-order valence-electron chi connectivity index (χ0n) is 18.6. The molecule has 0 atom stereocenters. The summed E-state index contributed by atoms with van der Waals surface area (Å²) in [6.45, 7) is 1.93. The monoisotopic (exact) mass is 432 g/mol. The lowest BCUT2D eigenvalue weighted by Gasteiger charge is -2.14. The number of aromatic nitrogens is 2. The van der Waals surface area contributed by atoms with Crippen LogP contribution in [0.15, 0.2) is 42.6 Å². The molecule has 0 radical (unpaired) electrons. The number of ketones is 1. The Hall–Kier alpha value is -4.00. The lowest BCUT2D eigenvalue weighted by molar-refractivity contribution is 0.104. The summed E-state index contributed by atoms with van der Waals surface area (Å²) in [6.07, 6.45) is 4.95. The molecule has 2 aromatic heterocycles. The van der Waals surface area contributed by atoms with Gasteiger partial charge < -0.3 is 23.9 Å². The molecule has 0 aliphatic rings. The maximum absolute atomic E-state index is 13.4. The number of ether oxygens (including phenoxy) is 4. The summed E-state index contributed by atoms with van der Waals surface area (Å²) in [4.78, 5) is 21.1. The summed E-state index contributed by atoms with van der Waals surface area (Å²) in [7, 11) is 6.19. The maximum atomic E-state index is 13.4. The summed E-state index contributed by atoms with van der Waals surface area (Å²) in [5.41, 5.74) is 3.61. The Kier molecular flexibility index (Phi) is 5.73. The van der Waals surface area contributed by atoms with E-state index >= 15 is 0 Å². The van der Waals surface area contributed by atoms with Crippen LogP contribution in [0, 0.1) is 6.92 Å². The third-order valence-electron chi connectivity index (χ3n) is 5.46. The zero-order valence-corrected chi connectivity index (χ0v) is 18.6. The Morgan fingerprint density at radius 2 is 1.53 bits per heavy atom. The van der Waals surface area contributed by atoms with E-state index in [4.69, 9.17) is 18.9 Å². The molecule has 2 aromatic carbocycles. The molecule has 0 amide bonds. The van der Waals surface area contributed by atoms with Gasteiger partial charge in [-0.15, -0.1) is 0 Å². The van der Waals surface area contributed by atoms with Gasteiger partial charge in [0.05, 0.1) is 50.7 Å². The summed E-state index contributed by atoms with van der Waals surface area (Å²) in [5, 5.41) is 1.95. The van der Waals surface area contributed by atoms with Crippen molar-refractivity contribution in [3.05, 3.63) is 59.4 Å². The highest BCUT2D eigenvalue weighted by Gasteiger charge is 2.19. The third kappa shape index (κ3) is 3.41. The lowest BCUT2D eigenvalue weighted by Crippen LogP contribution is -2.01. The number of carbonyl (C=O) groups excluding carboxylic acids is 1. The molecule has 0 spiro atoms. The minimum Gasteiger partial charge on any atom is -0.496 e. The van der Waals surface area contributed by atoms with Crippen LogP contribution < -0.4 is 18.9 Å². The fraction of sp³-hybridized carbons (Fsp3) is 0.200. The van der Waals surface area contributed by atoms with Crippen molar-refractivity contribution in [1.82, 2.24) is 9.97 Å². The van der Waals surface area contributed by atoms with E-state index in [0.717, 1.165) is 22.0 Å². The molecule has 7 heteroatoms. The maximum Gasteiger partial charge on any atom is 0.203 e. The SMILES string of the molecule is COc1ccc(/C=C/C(=O)c2c(OC)ccc3c2[nH]c2c(C)nccc23)c(OC)c1OC. The van der Waals surface area contributed by atoms with Crippen LogP contribution in [0.25, 0.3) is 27.9 Å². The fourth-order valence-corrected chi connectivity index (χ4v) is 3.93. The summed E-state index contributed by atoms with van der Waals surface area (Å²) in [6, 6.07) is 9.26. The second-order valence-corrected chi connectivity index (χ2v) is 7.13. The van der Waals surface area contributed by atoms with Crippen LogP contribution in [0.3, 0.4) is 0 Å². The molecular weight excluding hydrogens is 408 g/mol. The standard InChI is InChI=1S/C25H24N2O5/c1-14-22-17(12-13-26-14)16-8-11-19(29-2)21(23(16)27-22)18(28)9-6-15-7-10-20(30-3)25(32-5)24(15)31-4/h6-13,27H,1-5H3/b9-6+. The number of allylic oxidation sites excluding steroid dienone is 1. The van der Waals surface area contributed by atoms with Gasteiger partial charge in [0.15, 0.2) is 17.3 Å². The highest BCUT2D eigenvalue weighted by Crippen LogP contribution is 2.40. The first-order valence-corrected chi connectivity index (χ1v) is 9.99. The number of nitrogens with zero attached hydrogens (tertiary/aromatic N) is 1. The number of fused-ring (bicyclic) bond motifs is 3. The Morgan fingerprint density at radius 1 is 0.844 bits per heavy atom. The van der Waals surface area contributed by atoms with E-state index in [-0.39, 0.29) is 5.78 Å². The molecule has 0 unspecified atom stereocenters. The van der Waals surface area contributed by atoms with Gasteiger partial charge in [-0.05, 0) is 49.4 Å². The number of rotatable bonds is 7. The highest BCUT2D eigenvalue weighted by atomic mass is 16.5. The van der Waals surface area contributed by atoms with Crippen molar-refractivity contribution < 1.29 is 23.7 Å². The molecule has 0 aliphatic carbocycles. The van der Waals surface area contributed by atoms with E-state index in [1.54, 1.807) is 45.7 Å². The van der Waals surface area contributed by atoms with Gasteiger partial charge in [-0.3, -0.25) is 9.78 Å². The highest BCUT2D eigenvalue weighted by molar-refractivity contribution is 6.20. The van der Waals surface area contributed by atoms with Crippen LogP contribution >= 0.6 is 0 Å². The van der Waals surface area contributed by atoms with Gasteiger partial charge in [-0.1, -0.05) is 0 Å². The van der Waals surface area contributed by atoms with Gasteiger partial charge in [0.2, 0.25) is 5.75 Å². The Bertz CT molecular complexity index is 1350. The van der Waals surface area contributed by atoms with Crippen LogP contribution in [0.2, 0.25) is 0 Å². The summed E-state index contributed by atoms with van der Waals surface area (Å²) in [5.74, 6) is 1.77. The lowest BCUT2D eigenvalue weighted by atomic mass is 10.0. The minimum absolute atomic E-state index is 0.207. The second-order valence-electron chi connectivity index (χ2n) is 7.13. The van der Waals surface area contributed by atoms with Crippen molar-refractivity contribution in [2.75, 3.05) is 28.4 Å². The molecule has 164 valence electrons. The van der Waals surface area contributed by atoms with E-state index in [1.807, 2.05) is 25.1 Å². The molecule has 0 saturated carbocycles. The number of pyridine rings is 1. The van der Waals surface area contributed by atoms with E-state index in [1.165, 1.54) is 13.2 Å². The first-order valence-electron chi connectivity index (χ1n) is 9.99. The summed E-state index contributed by atoms with van der Waals surface area (Å²) < 4.78 is 21.8. The Labute approximate surface area is 185 Å². The predicted molar refractivity (Wildman–Crippen MR) is 124 cm³/mol. The number of aryl methyl sites for hydroxylation is 1. The first kappa shape index (κ1) is 21.2. The predicted octanol–water partition coefficient (Wildman–Crippen LogP) is 4.96. The summed E-state index contributed by atoms with van der Waals surface area (Å²) >= 11 is 0. The fourth-order valence-electron chi connectivity index (χ4n) is 3.93. The smallest absolute Gasteiger partial charge is 0.203 e. The molecule has 0 bridgehead atoms. The van der Waals surface area contributed by atoms with E-state index in [9.17, 15) is 4.79 Å². The minimum atomic E-state index is -0.207. The molecule has 0 fully saturated rings.